The van der Waals surface area contributed by atoms with Crippen LogP contribution in [0, 0.1) is 6.92 Å². The van der Waals surface area contributed by atoms with Crippen molar-refractivity contribution in [2.24, 2.45) is 0 Å². The number of amides is 1. The first-order chi connectivity index (χ1) is 11.1. The van der Waals surface area contributed by atoms with E-state index in [2.05, 4.69) is 35.5 Å². The Hall–Kier alpha value is -2.55. The van der Waals surface area contributed by atoms with Crippen LogP contribution in [0.2, 0.25) is 0 Å². The summed E-state index contributed by atoms with van der Waals surface area (Å²) in [7, 11) is 2.06. The van der Waals surface area contributed by atoms with Crippen molar-refractivity contribution in [3.8, 4) is 0 Å². The Kier molecular flexibility index (Phi) is 6.42. The first-order valence-corrected chi connectivity index (χ1v) is 7.94. The molecule has 0 bridgehead atoms. The summed E-state index contributed by atoms with van der Waals surface area (Å²) in [5.41, 5.74) is 3.43. The molecule has 2 aromatic rings. The number of hydrogen-bond donors (Lipinski definition) is 1. The van der Waals surface area contributed by atoms with Crippen LogP contribution in [-0.4, -0.2) is 26.0 Å². The lowest BCUT2D eigenvalue weighted by Crippen LogP contribution is -2.26. The second kappa shape index (κ2) is 8.79. The average molecular weight is 308 g/mol. The molecule has 0 unspecified atom stereocenters. The predicted molar refractivity (Wildman–Crippen MR) is 97.6 cm³/mol. The van der Waals surface area contributed by atoms with Crippen LogP contribution in [0.25, 0.3) is 6.08 Å². The van der Waals surface area contributed by atoms with Crippen molar-refractivity contribution < 1.29 is 4.79 Å². The van der Waals surface area contributed by atoms with Crippen LogP contribution in [0.1, 0.15) is 17.5 Å². The lowest BCUT2D eigenvalue weighted by atomic mass is 10.1. The van der Waals surface area contributed by atoms with Crippen LogP contribution in [0.5, 0.6) is 0 Å². The second-order valence-corrected chi connectivity index (χ2v) is 5.65. The zero-order valence-electron chi connectivity index (χ0n) is 13.8. The minimum Gasteiger partial charge on any atom is -0.375 e. The molecular formula is C20H24N2O. The van der Waals surface area contributed by atoms with E-state index in [9.17, 15) is 4.79 Å². The van der Waals surface area contributed by atoms with Crippen LogP contribution >= 0.6 is 0 Å². The molecule has 3 nitrogen and oxygen atoms in total. The third-order valence-corrected chi connectivity index (χ3v) is 3.64. The molecule has 2 rings (SSSR count). The number of aryl methyl sites for hydroxylation is 1. The Morgan fingerprint density at radius 3 is 2.65 bits per heavy atom. The average Bonchev–Trinajstić information content (AvgIpc) is 2.57. The maximum Gasteiger partial charge on any atom is 0.244 e. The summed E-state index contributed by atoms with van der Waals surface area (Å²) in [6.45, 7) is 3.63. The first kappa shape index (κ1) is 16.8. The summed E-state index contributed by atoms with van der Waals surface area (Å²) in [6.07, 6.45) is 4.35. The van der Waals surface area contributed by atoms with Crippen molar-refractivity contribution in [3.63, 3.8) is 0 Å². The zero-order chi connectivity index (χ0) is 16.5. The molecule has 0 radical (unpaired) electrons. The summed E-state index contributed by atoms with van der Waals surface area (Å²) in [5, 5.41) is 2.92. The van der Waals surface area contributed by atoms with Gasteiger partial charge in [-0.2, -0.15) is 0 Å². The molecule has 120 valence electrons. The van der Waals surface area contributed by atoms with Crippen LogP contribution in [0.15, 0.2) is 60.7 Å². The monoisotopic (exact) mass is 308 g/mol. The van der Waals surface area contributed by atoms with Gasteiger partial charge < -0.3 is 10.2 Å². The van der Waals surface area contributed by atoms with E-state index in [0.29, 0.717) is 6.54 Å². The largest absolute Gasteiger partial charge is 0.375 e. The summed E-state index contributed by atoms with van der Waals surface area (Å²) in [5.74, 6) is -0.0473. The number of nitrogens with zero attached hydrogens (tertiary/aromatic N) is 1. The third-order valence-electron chi connectivity index (χ3n) is 3.64. The number of carbonyl (C=O) groups excluding carboxylic acids is 1. The lowest BCUT2D eigenvalue weighted by Gasteiger charge is -2.19. The van der Waals surface area contributed by atoms with Crippen LogP contribution in [0.4, 0.5) is 5.69 Å². The van der Waals surface area contributed by atoms with E-state index in [-0.39, 0.29) is 5.91 Å². The van der Waals surface area contributed by atoms with E-state index in [1.54, 1.807) is 6.08 Å². The fraction of sp³-hybridized carbons (Fsp3) is 0.250. The van der Waals surface area contributed by atoms with Gasteiger partial charge in [-0.05, 0) is 37.1 Å². The number of benzene rings is 2. The number of para-hydroxylation sites is 1. The van der Waals surface area contributed by atoms with Gasteiger partial charge in [0.1, 0.15) is 0 Å². The Balaban J connectivity index is 1.69. The number of anilines is 1. The van der Waals surface area contributed by atoms with Crippen LogP contribution in [0.3, 0.4) is 0 Å². The highest BCUT2D eigenvalue weighted by Gasteiger charge is 2.00. The van der Waals surface area contributed by atoms with Crippen molar-refractivity contribution >= 4 is 17.7 Å². The Labute approximate surface area is 138 Å². The number of hydrogen-bond acceptors (Lipinski definition) is 2. The van der Waals surface area contributed by atoms with Gasteiger partial charge in [0.2, 0.25) is 5.91 Å². The van der Waals surface area contributed by atoms with Crippen molar-refractivity contribution in [3.05, 3.63) is 71.8 Å². The Bertz CT molecular complexity index is 650. The third kappa shape index (κ3) is 5.99. The maximum atomic E-state index is 11.8. The summed E-state index contributed by atoms with van der Waals surface area (Å²) < 4.78 is 0. The fourth-order valence-corrected chi connectivity index (χ4v) is 2.34. The molecule has 0 aromatic heterocycles. The van der Waals surface area contributed by atoms with Gasteiger partial charge in [-0.25, -0.2) is 0 Å². The van der Waals surface area contributed by atoms with Crippen LogP contribution < -0.4 is 10.2 Å². The minimum absolute atomic E-state index is 0.0473. The molecule has 0 aliphatic heterocycles. The topological polar surface area (TPSA) is 32.3 Å². The molecule has 0 fully saturated rings. The second-order valence-electron chi connectivity index (χ2n) is 5.65. The van der Waals surface area contributed by atoms with Crippen molar-refractivity contribution in [1.82, 2.24) is 5.32 Å². The van der Waals surface area contributed by atoms with Crippen molar-refractivity contribution in [2.45, 2.75) is 13.3 Å². The van der Waals surface area contributed by atoms with Crippen molar-refractivity contribution in [2.75, 3.05) is 25.0 Å². The van der Waals surface area contributed by atoms with E-state index in [1.165, 1.54) is 11.3 Å². The summed E-state index contributed by atoms with van der Waals surface area (Å²) in [6, 6.07) is 18.3. The summed E-state index contributed by atoms with van der Waals surface area (Å²) in [4.78, 5) is 14.0. The molecule has 0 saturated heterocycles. The fourth-order valence-electron chi connectivity index (χ4n) is 2.34. The quantitative estimate of drug-likeness (QED) is 0.625. The van der Waals surface area contributed by atoms with E-state index in [0.717, 1.165) is 18.5 Å². The molecule has 0 atom stereocenters. The standard InChI is InChI=1S/C20H24N2O/c1-17-8-6-9-18(16-17)12-13-20(23)21-14-7-15-22(2)19-10-4-3-5-11-19/h3-6,8-13,16H,7,14-15H2,1-2H3,(H,21,23)/b13-12+. The smallest absolute Gasteiger partial charge is 0.244 e. The maximum absolute atomic E-state index is 11.8. The van der Waals surface area contributed by atoms with E-state index in [4.69, 9.17) is 0 Å². The van der Waals surface area contributed by atoms with Gasteiger partial charge >= 0.3 is 0 Å². The highest BCUT2D eigenvalue weighted by molar-refractivity contribution is 5.91. The molecule has 2 aromatic carbocycles. The molecule has 0 saturated carbocycles. The lowest BCUT2D eigenvalue weighted by molar-refractivity contribution is -0.116. The molecule has 0 aliphatic carbocycles. The van der Waals surface area contributed by atoms with Gasteiger partial charge in [-0.3, -0.25) is 4.79 Å². The van der Waals surface area contributed by atoms with Gasteiger partial charge in [0.15, 0.2) is 0 Å². The first-order valence-electron chi connectivity index (χ1n) is 7.94. The van der Waals surface area contributed by atoms with Gasteiger partial charge in [-0.1, -0.05) is 48.0 Å². The SMILES string of the molecule is Cc1cccc(/C=C/C(=O)NCCCN(C)c2ccccc2)c1. The molecular weight excluding hydrogens is 284 g/mol. The van der Waals surface area contributed by atoms with Crippen molar-refractivity contribution in [1.29, 1.82) is 0 Å². The molecule has 0 heterocycles. The van der Waals surface area contributed by atoms with Gasteiger partial charge in [-0.15, -0.1) is 0 Å². The van der Waals surface area contributed by atoms with E-state index >= 15 is 0 Å². The molecule has 1 amide bonds. The van der Waals surface area contributed by atoms with Gasteiger partial charge in [0.05, 0.1) is 0 Å². The Morgan fingerprint density at radius 1 is 1.13 bits per heavy atom. The normalized spacial score (nSPS) is 10.7. The predicted octanol–water partition coefficient (Wildman–Crippen LogP) is 3.65. The number of rotatable bonds is 7. The Morgan fingerprint density at radius 2 is 1.91 bits per heavy atom. The zero-order valence-corrected chi connectivity index (χ0v) is 13.8. The molecule has 0 aliphatic rings. The number of carbonyl (C=O) groups is 1. The van der Waals surface area contributed by atoms with Gasteiger partial charge in [0.25, 0.3) is 0 Å². The molecule has 0 spiro atoms. The van der Waals surface area contributed by atoms with E-state index in [1.807, 2.05) is 49.4 Å². The summed E-state index contributed by atoms with van der Waals surface area (Å²) >= 11 is 0. The minimum atomic E-state index is -0.0473. The molecule has 3 heteroatoms. The number of nitrogens with one attached hydrogen (secondary N) is 1. The highest BCUT2D eigenvalue weighted by atomic mass is 16.1. The highest BCUT2D eigenvalue weighted by Crippen LogP contribution is 2.10. The molecule has 1 N–H and O–H groups in total. The van der Waals surface area contributed by atoms with Crippen LogP contribution in [-0.2, 0) is 4.79 Å². The van der Waals surface area contributed by atoms with E-state index < -0.39 is 0 Å². The van der Waals surface area contributed by atoms with Gasteiger partial charge in [0, 0.05) is 31.9 Å². The molecule has 23 heavy (non-hydrogen) atoms.